The number of nitrogens with zero attached hydrogens (tertiary/aromatic N) is 1. The fraction of sp³-hybridized carbons (Fsp3) is 0.533. The van der Waals surface area contributed by atoms with Crippen molar-refractivity contribution in [2.75, 3.05) is 19.6 Å². The normalized spacial score (nSPS) is 20.4. The van der Waals surface area contributed by atoms with Crippen molar-refractivity contribution in [3.63, 3.8) is 0 Å². The van der Waals surface area contributed by atoms with Gasteiger partial charge in [-0.2, -0.15) is 17.9 Å². The van der Waals surface area contributed by atoms with Crippen molar-refractivity contribution in [2.24, 2.45) is 0 Å². The lowest BCUT2D eigenvalue weighted by Crippen LogP contribution is -2.56. The van der Waals surface area contributed by atoms with Crippen LogP contribution in [0.15, 0.2) is 29.2 Å². The summed E-state index contributed by atoms with van der Waals surface area (Å²) in [5, 5.41) is 3.15. The highest BCUT2D eigenvalue weighted by atomic mass is 32.2. The minimum absolute atomic E-state index is 0.0625. The second-order valence-corrected chi connectivity index (χ2v) is 7.66. The van der Waals surface area contributed by atoms with Crippen molar-refractivity contribution in [3.8, 4) is 0 Å². The Morgan fingerprint density at radius 3 is 2.60 bits per heavy atom. The monoisotopic (exact) mass is 379 g/mol. The Balaban J connectivity index is 2.20. The Bertz CT molecular complexity index is 737. The predicted molar refractivity (Wildman–Crippen MR) is 85.3 cm³/mol. The summed E-state index contributed by atoms with van der Waals surface area (Å²) >= 11 is 0. The van der Waals surface area contributed by atoms with E-state index in [-0.39, 0.29) is 6.04 Å². The molecule has 1 heterocycles. The molecule has 1 aliphatic heterocycles. The zero-order valence-corrected chi connectivity index (χ0v) is 14.6. The summed E-state index contributed by atoms with van der Waals surface area (Å²) in [7, 11) is -4.50. The molecule has 1 saturated heterocycles. The van der Waals surface area contributed by atoms with Gasteiger partial charge in [-0.15, -0.1) is 0 Å². The second kappa shape index (κ2) is 7.30. The SMILES string of the molecule is CC1CN(C(=O)C(C)NS(=O)(=O)c2ccccc2C(F)(F)F)CCN1. The van der Waals surface area contributed by atoms with Crippen LogP contribution in [0.1, 0.15) is 19.4 Å². The quantitative estimate of drug-likeness (QED) is 0.824. The number of carbonyl (C=O) groups is 1. The van der Waals surface area contributed by atoms with Gasteiger partial charge in [-0.1, -0.05) is 12.1 Å². The zero-order valence-electron chi connectivity index (χ0n) is 13.8. The molecular formula is C15H20F3N3O3S. The van der Waals surface area contributed by atoms with Gasteiger partial charge in [-0.25, -0.2) is 8.42 Å². The van der Waals surface area contributed by atoms with Crippen LogP contribution in [0.4, 0.5) is 13.2 Å². The van der Waals surface area contributed by atoms with E-state index in [0.29, 0.717) is 25.7 Å². The number of piperazine rings is 1. The highest BCUT2D eigenvalue weighted by Crippen LogP contribution is 2.33. The molecule has 140 valence electrons. The fourth-order valence-electron chi connectivity index (χ4n) is 2.69. The number of hydrogen-bond donors (Lipinski definition) is 2. The Morgan fingerprint density at radius 2 is 2.00 bits per heavy atom. The van der Waals surface area contributed by atoms with Crippen molar-refractivity contribution in [2.45, 2.75) is 37.0 Å². The van der Waals surface area contributed by atoms with Gasteiger partial charge >= 0.3 is 6.18 Å². The Labute approximate surface area is 144 Å². The maximum Gasteiger partial charge on any atom is 0.417 e. The topological polar surface area (TPSA) is 78.5 Å². The summed E-state index contributed by atoms with van der Waals surface area (Å²) in [6.45, 7) is 4.60. The van der Waals surface area contributed by atoms with E-state index >= 15 is 0 Å². The number of benzene rings is 1. The third kappa shape index (κ3) is 4.71. The van der Waals surface area contributed by atoms with Crippen molar-refractivity contribution >= 4 is 15.9 Å². The van der Waals surface area contributed by atoms with Crippen molar-refractivity contribution in [1.29, 1.82) is 0 Å². The molecule has 1 amide bonds. The molecule has 1 aliphatic rings. The number of carbonyl (C=O) groups excluding carboxylic acids is 1. The molecular weight excluding hydrogens is 359 g/mol. The molecule has 2 unspecified atom stereocenters. The molecule has 2 atom stereocenters. The molecule has 0 bridgehead atoms. The first-order valence-electron chi connectivity index (χ1n) is 7.73. The minimum atomic E-state index is -4.81. The maximum atomic E-state index is 13.0. The molecule has 2 N–H and O–H groups in total. The molecule has 0 spiro atoms. The van der Waals surface area contributed by atoms with E-state index < -0.39 is 38.6 Å². The smallest absolute Gasteiger partial charge is 0.338 e. The summed E-state index contributed by atoms with van der Waals surface area (Å²) in [5.41, 5.74) is -1.27. The number of sulfonamides is 1. The van der Waals surface area contributed by atoms with E-state index in [1.54, 1.807) is 0 Å². The van der Waals surface area contributed by atoms with E-state index in [1.807, 2.05) is 6.92 Å². The van der Waals surface area contributed by atoms with E-state index in [0.717, 1.165) is 12.1 Å². The minimum Gasteiger partial charge on any atom is -0.338 e. The average molecular weight is 379 g/mol. The third-order valence-corrected chi connectivity index (χ3v) is 5.46. The van der Waals surface area contributed by atoms with Crippen LogP contribution in [0, 0.1) is 0 Å². The molecule has 10 heteroatoms. The Morgan fingerprint density at radius 1 is 1.36 bits per heavy atom. The lowest BCUT2D eigenvalue weighted by atomic mass is 10.2. The molecule has 2 rings (SSSR count). The van der Waals surface area contributed by atoms with Crippen LogP contribution >= 0.6 is 0 Å². The van der Waals surface area contributed by atoms with E-state index in [4.69, 9.17) is 0 Å². The van der Waals surface area contributed by atoms with Crippen LogP contribution in [0.5, 0.6) is 0 Å². The second-order valence-electron chi connectivity index (χ2n) is 5.98. The Kier molecular flexibility index (Phi) is 5.75. The van der Waals surface area contributed by atoms with E-state index in [2.05, 4.69) is 10.0 Å². The summed E-state index contributed by atoms with van der Waals surface area (Å²) in [4.78, 5) is 13.0. The molecule has 0 saturated carbocycles. The first-order chi connectivity index (χ1) is 11.5. The first kappa shape index (κ1) is 19.7. The van der Waals surface area contributed by atoms with Gasteiger partial charge in [0, 0.05) is 25.7 Å². The van der Waals surface area contributed by atoms with E-state index in [9.17, 15) is 26.4 Å². The fourth-order valence-corrected chi connectivity index (χ4v) is 4.11. The van der Waals surface area contributed by atoms with Crippen LogP contribution in [-0.2, 0) is 21.0 Å². The molecule has 1 aromatic rings. The van der Waals surface area contributed by atoms with Gasteiger partial charge in [-0.3, -0.25) is 4.79 Å². The standard InChI is InChI=1S/C15H20F3N3O3S/c1-10-9-21(8-7-19-10)14(22)11(2)20-25(23,24)13-6-4-3-5-12(13)15(16,17)18/h3-6,10-11,19-20H,7-9H2,1-2H3. The van der Waals surface area contributed by atoms with Gasteiger partial charge in [0.1, 0.15) is 0 Å². The number of rotatable bonds is 4. The number of amides is 1. The Hall–Kier alpha value is -1.65. The largest absolute Gasteiger partial charge is 0.417 e. The van der Waals surface area contributed by atoms with Crippen LogP contribution in [0.25, 0.3) is 0 Å². The van der Waals surface area contributed by atoms with Crippen molar-refractivity contribution in [3.05, 3.63) is 29.8 Å². The average Bonchev–Trinajstić information content (AvgIpc) is 2.53. The molecule has 1 fully saturated rings. The summed E-state index contributed by atoms with van der Waals surface area (Å²) in [6.07, 6.45) is -4.81. The van der Waals surface area contributed by atoms with Gasteiger partial charge in [0.05, 0.1) is 16.5 Å². The number of nitrogens with one attached hydrogen (secondary N) is 2. The zero-order chi connectivity index (χ0) is 18.8. The molecule has 25 heavy (non-hydrogen) atoms. The molecule has 1 aromatic carbocycles. The van der Waals surface area contributed by atoms with Gasteiger partial charge in [0.15, 0.2) is 0 Å². The highest BCUT2D eigenvalue weighted by molar-refractivity contribution is 7.89. The van der Waals surface area contributed by atoms with Gasteiger partial charge in [-0.05, 0) is 26.0 Å². The summed E-state index contributed by atoms with van der Waals surface area (Å²) in [5.74, 6) is -0.471. The molecule has 0 aromatic heterocycles. The predicted octanol–water partition coefficient (Wildman–Crippen LogP) is 1.19. The molecule has 0 radical (unpaired) electrons. The number of halogens is 3. The van der Waals surface area contributed by atoms with Crippen LogP contribution in [-0.4, -0.2) is 50.9 Å². The van der Waals surface area contributed by atoms with Gasteiger partial charge < -0.3 is 10.2 Å². The maximum absolute atomic E-state index is 13.0. The lowest BCUT2D eigenvalue weighted by Gasteiger charge is -2.33. The van der Waals surface area contributed by atoms with Crippen LogP contribution in [0.3, 0.4) is 0 Å². The summed E-state index contributed by atoms with van der Waals surface area (Å²) < 4.78 is 65.9. The number of hydrogen-bond acceptors (Lipinski definition) is 4. The molecule has 0 aliphatic carbocycles. The van der Waals surface area contributed by atoms with E-state index in [1.165, 1.54) is 17.9 Å². The van der Waals surface area contributed by atoms with Crippen molar-refractivity contribution in [1.82, 2.24) is 14.9 Å². The third-order valence-electron chi connectivity index (χ3n) is 3.86. The van der Waals surface area contributed by atoms with Gasteiger partial charge in [0.25, 0.3) is 0 Å². The van der Waals surface area contributed by atoms with Gasteiger partial charge in [0.2, 0.25) is 15.9 Å². The molecule has 6 nitrogen and oxygen atoms in total. The van der Waals surface area contributed by atoms with Crippen molar-refractivity contribution < 1.29 is 26.4 Å². The highest BCUT2D eigenvalue weighted by Gasteiger charge is 2.38. The van der Waals surface area contributed by atoms with Crippen LogP contribution in [0.2, 0.25) is 0 Å². The number of alkyl halides is 3. The summed E-state index contributed by atoms with van der Waals surface area (Å²) in [6, 6.07) is 2.77. The lowest BCUT2D eigenvalue weighted by molar-refractivity contribution is -0.139. The first-order valence-corrected chi connectivity index (χ1v) is 9.21. The van der Waals surface area contributed by atoms with Crippen LogP contribution < -0.4 is 10.0 Å².